The van der Waals surface area contributed by atoms with E-state index in [0.717, 1.165) is 17.1 Å². The van der Waals surface area contributed by atoms with Gasteiger partial charge in [0.2, 0.25) is 0 Å². The average Bonchev–Trinajstić information content (AvgIpc) is 2.63. The van der Waals surface area contributed by atoms with E-state index in [0.29, 0.717) is 12.3 Å². The summed E-state index contributed by atoms with van der Waals surface area (Å²) in [7, 11) is 0. The fraction of sp³-hybridized carbons (Fsp3) is 0.231. The summed E-state index contributed by atoms with van der Waals surface area (Å²) in [5.41, 5.74) is 2.20. The molecule has 0 atom stereocenters. The van der Waals surface area contributed by atoms with Crippen molar-refractivity contribution in [1.29, 1.82) is 5.26 Å². The van der Waals surface area contributed by atoms with Gasteiger partial charge in [0.25, 0.3) is 0 Å². The maximum absolute atomic E-state index is 8.95. The quantitative estimate of drug-likeness (QED) is 0.809. The van der Waals surface area contributed by atoms with Crippen molar-refractivity contribution in [2.75, 3.05) is 0 Å². The van der Waals surface area contributed by atoms with Gasteiger partial charge in [0.05, 0.1) is 17.0 Å². The van der Waals surface area contributed by atoms with Gasteiger partial charge in [-0.3, -0.25) is 0 Å². The zero-order valence-electron chi connectivity index (χ0n) is 9.84. The first-order chi connectivity index (χ1) is 8.22. The van der Waals surface area contributed by atoms with Gasteiger partial charge in [0.1, 0.15) is 11.8 Å². The van der Waals surface area contributed by atoms with Crippen LogP contribution < -0.4 is 4.74 Å². The largest absolute Gasteiger partial charge is 0.471 e. The lowest BCUT2D eigenvalue weighted by molar-refractivity contribution is 0.218. The second-order valence-electron chi connectivity index (χ2n) is 3.74. The number of para-hydroxylation sites is 1. The minimum absolute atomic E-state index is 0.318. The van der Waals surface area contributed by atoms with Crippen molar-refractivity contribution >= 4 is 0 Å². The van der Waals surface area contributed by atoms with Gasteiger partial charge in [-0.05, 0) is 26.0 Å². The van der Waals surface area contributed by atoms with Crippen LogP contribution in [0.2, 0.25) is 0 Å². The van der Waals surface area contributed by atoms with Crippen LogP contribution in [0, 0.1) is 25.2 Å². The molecule has 0 fully saturated rings. The molecule has 17 heavy (non-hydrogen) atoms. The lowest BCUT2D eigenvalue weighted by atomic mass is 10.2. The highest BCUT2D eigenvalue weighted by Crippen LogP contribution is 2.13. The molecule has 1 aromatic heterocycles. The lowest BCUT2D eigenvalue weighted by Gasteiger charge is -2.07. The zero-order chi connectivity index (χ0) is 12.3. The monoisotopic (exact) mass is 227 g/mol. The third-order valence-electron chi connectivity index (χ3n) is 2.59. The van der Waals surface area contributed by atoms with Gasteiger partial charge < -0.3 is 4.74 Å². The maximum atomic E-state index is 8.95. The smallest absolute Gasteiger partial charge is 0.181 e. The van der Waals surface area contributed by atoms with E-state index in [1.807, 2.05) is 44.2 Å². The van der Waals surface area contributed by atoms with Crippen LogP contribution in [0.3, 0.4) is 0 Å². The van der Waals surface area contributed by atoms with E-state index in [4.69, 9.17) is 10.00 Å². The molecule has 0 N–H and O–H groups in total. The molecule has 0 saturated carbocycles. The summed E-state index contributed by atoms with van der Waals surface area (Å²) in [4.78, 5) is 0. The number of ether oxygens (including phenoxy) is 1. The normalized spacial score (nSPS) is 9.94. The summed E-state index contributed by atoms with van der Waals surface area (Å²) in [6.07, 6.45) is 0. The van der Waals surface area contributed by atoms with Gasteiger partial charge in [-0.25, -0.2) is 4.68 Å². The number of hydrogen-bond donors (Lipinski definition) is 0. The molecule has 2 aromatic rings. The van der Waals surface area contributed by atoms with Crippen LogP contribution in [0.5, 0.6) is 5.75 Å². The highest BCUT2D eigenvalue weighted by Gasteiger charge is 2.10. The van der Waals surface area contributed by atoms with Crippen LogP contribution in [0.25, 0.3) is 0 Å². The first kappa shape index (κ1) is 11.2. The third-order valence-corrected chi connectivity index (χ3v) is 2.59. The standard InChI is InChI=1S/C13H13N3O/c1-10-13(8-14)11(2)16(15-10)9-17-12-6-4-3-5-7-12/h3-7H,9H2,1-2H3. The first-order valence-corrected chi connectivity index (χ1v) is 5.34. The Morgan fingerprint density at radius 2 is 2.00 bits per heavy atom. The predicted molar refractivity (Wildman–Crippen MR) is 63.5 cm³/mol. The minimum atomic E-state index is 0.318. The van der Waals surface area contributed by atoms with Crippen LogP contribution in [0.4, 0.5) is 0 Å². The molecule has 0 radical (unpaired) electrons. The molecule has 0 aliphatic heterocycles. The summed E-state index contributed by atoms with van der Waals surface area (Å²) in [6.45, 7) is 4.01. The molecule has 0 aliphatic rings. The van der Waals surface area contributed by atoms with Gasteiger partial charge >= 0.3 is 0 Å². The number of nitrogens with zero attached hydrogens (tertiary/aromatic N) is 3. The molecule has 0 saturated heterocycles. The molecule has 4 nitrogen and oxygen atoms in total. The molecule has 4 heteroatoms. The van der Waals surface area contributed by atoms with Crippen LogP contribution in [-0.2, 0) is 6.73 Å². The fourth-order valence-electron chi connectivity index (χ4n) is 1.64. The maximum Gasteiger partial charge on any atom is 0.181 e. The first-order valence-electron chi connectivity index (χ1n) is 5.34. The predicted octanol–water partition coefficient (Wildman–Crippen LogP) is 2.41. The number of benzene rings is 1. The SMILES string of the molecule is Cc1nn(COc2ccccc2)c(C)c1C#N. The van der Waals surface area contributed by atoms with Crippen LogP contribution >= 0.6 is 0 Å². The Labute approximate surface area is 100 Å². The number of rotatable bonds is 3. The second-order valence-corrected chi connectivity index (χ2v) is 3.74. The van der Waals surface area contributed by atoms with Crippen molar-refractivity contribution in [3.8, 4) is 11.8 Å². The van der Waals surface area contributed by atoms with Crippen molar-refractivity contribution in [3.05, 3.63) is 47.3 Å². The molecule has 0 aliphatic carbocycles. The minimum Gasteiger partial charge on any atom is -0.471 e. The Bertz CT molecular complexity index is 552. The molecule has 0 spiro atoms. The average molecular weight is 227 g/mol. The topological polar surface area (TPSA) is 50.8 Å². The molecule has 2 rings (SSSR count). The van der Waals surface area contributed by atoms with E-state index in [-0.39, 0.29) is 0 Å². The van der Waals surface area contributed by atoms with Crippen LogP contribution in [0.1, 0.15) is 17.0 Å². The Balaban J connectivity index is 2.13. The molecule has 0 unspecified atom stereocenters. The van der Waals surface area contributed by atoms with E-state index >= 15 is 0 Å². The molecule has 1 aromatic carbocycles. The highest BCUT2D eigenvalue weighted by atomic mass is 16.5. The Morgan fingerprint density at radius 1 is 1.29 bits per heavy atom. The molecule has 1 heterocycles. The van der Waals surface area contributed by atoms with Gasteiger partial charge in [-0.2, -0.15) is 10.4 Å². The molecular weight excluding hydrogens is 214 g/mol. The third kappa shape index (κ3) is 2.28. The lowest BCUT2D eigenvalue weighted by Crippen LogP contribution is -2.08. The van der Waals surface area contributed by atoms with Crippen molar-refractivity contribution in [2.45, 2.75) is 20.6 Å². The highest BCUT2D eigenvalue weighted by molar-refractivity contribution is 5.36. The van der Waals surface area contributed by atoms with Crippen LogP contribution in [-0.4, -0.2) is 9.78 Å². The van der Waals surface area contributed by atoms with Crippen molar-refractivity contribution in [2.24, 2.45) is 0 Å². The van der Waals surface area contributed by atoms with Gasteiger partial charge in [-0.15, -0.1) is 0 Å². The van der Waals surface area contributed by atoms with Crippen LogP contribution in [0.15, 0.2) is 30.3 Å². The van der Waals surface area contributed by atoms with Gasteiger partial charge in [0.15, 0.2) is 6.73 Å². The Kier molecular flexibility index (Phi) is 3.10. The van der Waals surface area contributed by atoms with E-state index in [9.17, 15) is 0 Å². The molecule has 0 amide bonds. The van der Waals surface area contributed by atoms with Gasteiger partial charge in [0, 0.05) is 0 Å². The number of hydrogen-bond acceptors (Lipinski definition) is 3. The summed E-state index contributed by atoms with van der Waals surface area (Å²) in [5.74, 6) is 0.790. The molecule has 0 bridgehead atoms. The van der Waals surface area contributed by atoms with E-state index < -0.39 is 0 Å². The summed E-state index contributed by atoms with van der Waals surface area (Å²) in [5, 5.41) is 13.2. The number of aryl methyl sites for hydroxylation is 1. The Hall–Kier alpha value is -2.28. The van der Waals surface area contributed by atoms with E-state index in [1.54, 1.807) is 4.68 Å². The summed E-state index contributed by atoms with van der Waals surface area (Å²) >= 11 is 0. The molecular formula is C13H13N3O. The molecule has 86 valence electrons. The van der Waals surface area contributed by atoms with Gasteiger partial charge in [-0.1, -0.05) is 18.2 Å². The Morgan fingerprint density at radius 3 is 2.59 bits per heavy atom. The second kappa shape index (κ2) is 4.71. The van der Waals surface area contributed by atoms with Crippen molar-refractivity contribution in [3.63, 3.8) is 0 Å². The fourth-order valence-corrected chi connectivity index (χ4v) is 1.64. The number of aromatic nitrogens is 2. The summed E-state index contributed by atoms with van der Waals surface area (Å²) in [6, 6.07) is 11.7. The van der Waals surface area contributed by atoms with E-state index in [2.05, 4.69) is 11.2 Å². The van der Waals surface area contributed by atoms with Crippen molar-refractivity contribution < 1.29 is 4.74 Å². The van der Waals surface area contributed by atoms with Crippen molar-refractivity contribution in [1.82, 2.24) is 9.78 Å². The summed E-state index contributed by atoms with van der Waals surface area (Å²) < 4.78 is 7.27. The zero-order valence-corrected chi connectivity index (χ0v) is 9.84. The van der Waals surface area contributed by atoms with E-state index in [1.165, 1.54) is 0 Å². The number of nitriles is 1.